The summed E-state index contributed by atoms with van der Waals surface area (Å²) in [7, 11) is 0. The summed E-state index contributed by atoms with van der Waals surface area (Å²) in [5.41, 5.74) is -0.0639. The summed E-state index contributed by atoms with van der Waals surface area (Å²) in [5.74, 6) is -0.890. The fourth-order valence-corrected chi connectivity index (χ4v) is 2.41. The molecule has 0 saturated carbocycles. The monoisotopic (exact) mass is 238 g/mol. The molecule has 1 N–H and O–H groups in total. The molecule has 2 atom stereocenters. The Morgan fingerprint density at radius 2 is 2.29 bits per heavy atom. The van der Waals surface area contributed by atoms with Gasteiger partial charge in [-0.3, -0.25) is 0 Å². The number of rotatable bonds is 2. The maximum atomic E-state index is 13.0. The SMILES string of the molecule is CC1CC(C)N(c2ncc(F)cc2C(=O)O)C1. The first-order valence-corrected chi connectivity index (χ1v) is 5.64. The number of hydrogen-bond acceptors (Lipinski definition) is 3. The molecule has 1 saturated heterocycles. The van der Waals surface area contributed by atoms with Crippen molar-refractivity contribution in [3.63, 3.8) is 0 Å². The number of halogens is 1. The van der Waals surface area contributed by atoms with Gasteiger partial charge in [0.05, 0.1) is 6.20 Å². The molecule has 2 unspecified atom stereocenters. The molecular formula is C12H15FN2O2. The molecular weight excluding hydrogens is 223 g/mol. The maximum Gasteiger partial charge on any atom is 0.339 e. The summed E-state index contributed by atoms with van der Waals surface area (Å²) >= 11 is 0. The van der Waals surface area contributed by atoms with Crippen LogP contribution < -0.4 is 4.90 Å². The Hall–Kier alpha value is -1.65. The van der Waals surface area contributed by atoms with Gasteiger partial charge in [-0.15, -0.1) is 0 Å². The fourth-order valence-electron chi connectivity index (χ4n) is 2.41. The Labute approximate surface area is 99.1 Å². The summed E-state index contributed by atoms with van der Waals surface area (Å²) in [6, 6.07) is 1.27. The second kappa shape index (κ2) is 4.31. The fraction of sp³-hybridized carbons (Fsp3) is 0.500. The molecule has 4 nitrogen and oxygen atoms in total. The number of nitrogens with zero attached hydrogens (tertiary/aromatic N) is 2. The Kier molecular flexibility index (Phi) is 3.00. The lowest BCUT2D eigenvalue weighted by Gasteiger charge is -2.23. The van der Waals surface area contributed by atoms with Crippen LogP contribution in [0.5, 0.6) is 0 Å². The van der Waals surface area contributed by atoms with Crippen LogP contribution >= 0.6 is 0 Å². The minimum absolute atomic E-state index is 0.0639. The van der Waals surface area contributed by atoms with Crippen LogP contribution in [-0.2, 0) is 0 Å². The highest BCUT2D eigenvalue weighted by Gasteiger charge is 2.30. The minimum atomic E-state index is -1.14. The lowest BCUT2D eigenvalue weighted by molar-refractivity contribution is 0.0696. The number of anilines is 1. The van der Waals surface area contributed by atoms with E-state index >= 15 is 0 Å². The van der Waals surface area contributed by atoms with Crippen molar-refractivity contribution >= 4 is 11.8 Å². The van der Waals surface area contributed by atoms with Gasteiger partial charge >= 0.3 is 5.97 Å². The molecule has 1 aromatic rings. The summed E-state index contributed by atoms with van der Waals surface area (Å²) in [5, 5.41) is 9.07. The zero-order chi connectivity index (χ0) is 12.6. The zero-order valence-corrected chi connectivity index (χ0v) is 9.85. The third kappa shape index (κ3) is 2.23. The van der Waals surface area contributed by atoms with Crippen LogP contribution in [0.25, 0.3) is 0 Å². The van der Waals surface area contributed by atoms with Gasteiger partial charge in [0.2, 0.25) is 0 Å². The molecule has 0 aromatic carbocycles. The summed E-state index contributed by atoms with van der Waals surface area (Å²) in [6.45, 7) is 4.90. The first-order valence-electron chi connectivity index (χ1n) is 5.64. The van der Waals surface area contributed by atoms with Crippen LogP contribution in [0.15, 0.2) is 12.3 Å². The summed E-state index contributed by atoms with van der Waals surface area (Å²) in [6.07, 6.45) is 2.07. The molecule has 92 valence electrons. The van der Waals surface area contributed by atoms with E-state index in [9.17, 15) is 9.18 Å². The molecule has 0 amide bonds. The van der Waals surface area contributed by atoms with E-state index < -0.39 is 11.8 Å². The van der Waals surface area contributed by atoms with Crippen LogP contribution in [-0.4, -0.2) is 28.6 Å². The number of carboxylic acids is 1. The molecule has 0 bridgehead atoms. The lowest BCUT2D eigenvalue weighted by Crippen LogP contribution is -2.29. The number of pyridine rings is 1. The van der Waals surface area contributed by atoms with Crippen LogP contribution in [0.2, 0.25) is 0 Å². The average molecular weight is 238 g/mol. The smallest absolute Gasteiger partial charge is 0.339 e. The molecule has 0 spiro atoms. The topological polar surface area (TPSA) is 53.4 Å². The van der Waals surface area contributed by atoms with Gasteiger partial charge in [0.15, 0.2) is 0 Å². The molecule has 5 heteroatoms. The van der Waals surface area contributed by atoms with Crippen molar-refractivity contribution in [3.8, 4) is 0 Å². The minimum Gasteiger partial charge on any atom is -0.478 e. The third-order valence-corrected chi connectivity index (χ3v) is 3.12. The van der Waals surface area contributed by atoms with E-state index in [1.807, 2.05) is 11.8 Å². The van der Waals surface area contributed by atoms with Crippen molar-refractivity contribution in [2.45, 2.75) is 26.3 Å². The zero-order valence-electron chi connectivity index (χ0n) is 9.85. The van der Waals surface area contributed by atoms with Crippen LogP contribution in [0.1, 0.15) is 30.6 Å². The van der Waals surface area contributed by atoms with E-state index in [-0.39, 0.29) is 11.6 Å². The molecule has 0 aliphatic carbocycles. The van der Waals surface area contributed by atoms with E-state index in [2.05, 4.69) is 11.9 Å². The molecule has 2 rings (SSSR count). The van der Waals surface area contributed by atoms with Gasteiger partial charge in [0, 0.05) is 12.6 Å². The van der Waals surface area contributed by atoms with Crippen LogP contribution in [0.4, 0.5) is 10.2 Å². The molecule has 17 heavy (non-hydrogen) atoms. The molecule has 1 aliphatic heterocycles. The predicted octanol–water partition coefficient (Wildman–Crippen LogP) is 2.15. The average Bonchev–Trinajstić information content (AvgIpc) is 2.57. The third-order valence-electron chi connectivity index (χ3n) is 3.12. The van der Waals surface area contributed by atoms with E-state index in [0.29, 0.717) is 11.7 Å². The highest BCUT2D eigenvalue weighted by Crippen LogP contribution is 2.29. The molecule has 0 radical (unpaired) electrons. The highest BCUT2D eigenvalue weighted by atomic mass is 19.1. The van der Waals surface area contributed by atoms with Crippen molar-refractivity contribution in [2.75, 3.05) is 11.4 Å². The van der Waals surface area contributed by atoms with Crippen molar-refractivity contribution in [1.29, 1.82) is 0 Å². The van der Waals surface area contributed by atoms with E-state index in [1.165, 1.54) is 0 Å². The second-order valence-electron chi connectivity index (χ2n) is 4.67. The standard InChI is InChI=1S/C12H15FN2O2/c1-7-3-8(2)15(6-7)11-10(12(16)17)4-9(13)5-14-11/h4-5,7-8H,3,6H2,1-2H3,(H,16,17). The first kappa shape index (κ1) is 11.8. The van der Waals surface area contributed by atoms with Crippen LogP contribution in [0.3, 0.4) is 0 Å². The normalized spacial score (nSPS) is 24.1. The second-order valence-corrected chi connectivity index (χ2v) is 4.67. The first-order chi connectivity index (χ1) is 7.99. The number of aromatic nitrogens is 1. The number of carbonyl (C=O) groups is 1. The maximum absolute atomic E-state index is 13.0. The van der Waals surface area contributed by atoms with Gasteiger partial charge in [-0.05, 0) is 25.3 Å². The number of carboxylic acid groups (broad SMARTS) is 1. The number of aromatic carboxylic acids is 1. The van der Waals surface area contributed by atoms with E-state index in [4.69, 9.17) is 5.11 Å². The van der Waals surface area contributed by atoms with Gasteiger partial charge in [-0.1, -0.05) is 6.92 Å². The summed E-state index contributed by atoms with van der Waals surface area (Å²) in [4.78, 5) is 17.0. The van der Waals surface area contributed by atoms with E-state index in [1.54, 1.807) is 0 Å². The van der Waals surface area contributed by atoms with Crippen molar-refractivity contribution < 1.29 is 14.3 Å². The van der Waals surface area contributed by atoms with Gasteiger partial charge in [0.25, 0.3) is 0 Å². The summed E-state index contributed by atoms with van der Waals surface area (Å²) < 4.78 is 13.0. The number of hydrogen-bond donors (Lipinski definition) is 1. The molecule has 1 fully saturated rings. The van der Waals surface area contributed by atoms with Gasteiger partial charge in [-0.25, -0.2) is 14.2 Å². The molecule has 2 heterocycles. The Morgan fingerprint density at radius 1 is 1.59 bits per heavy atom. The molecule has 1 aliphatic rings. The Morgan fingerprint density at radius 3 is 2.82 bits per heavy atom. The van der Waals surface area contributed by atoms with Crippen molar-refractivity contribution in [1.82, 2.24) is 4.98 Å². The van der Waals surface area contributed by atoms with Gasteiger partial charge in [0.1, 0.15) is 17.2 Å². The Bertz CT molecular complexity index is 450. The molecule has 1 aromatic heterocycles. The largest absolute Gasteiger partial charge is 0.478 e. The highest BCUT2D eigenvalue weighted by molar-refractivity contribution is 5.93. The predicted molar refractivity (Wildman–Crippen MR) is 61.7 cm³/mol. The Balaban J connectivity index is 2.41. The van der Waals surface area contributed by atoms with Gasteiger partial charge in [-0.2, -0.15) is 0 Å². The van der Waals surface area contributed by atoms with E-state index in [0.717, 1.165) is 25.2 Å². The van der Waals surface area contributed by atoms with Crippen molar-refractivity contribution in [3.05, 3.63) is 23.6 Å². The quantitative estimate of drug-likeness (QED) is 0.857. The van der Waals surface area contributed by atoms with Crippen LogP contribution in [0, 0.1) is 11.7 Å². The lowest BCUT2D eigenvalue weighted by atomic mass is 10.1. The van der Waals surface area contributed by atoms with Crippen molar-refractivity contribution in [2.24, 2.45) is 5.92 Å². The van der Waals surface area contributed by atoms with Gasteiger partial charge < -0.3 is 10.0 Å².